The van der Waals surface area contributed by atoms with E-state index in [1.54, 1.807) is 24.3 Å². The fraction of sp³-hybridized carbons (Fsp3) is 0. The molecule has 7 nitrogen and oxygen atoms in total. The summed E-state index contributed by atoms with van der Waals surface area (Å²) in [6, 6.07) is 12.3. The summed E-state index contributed by atoms with van der Waals surface area (Å²) in [7, 11) is -4.31. The molecule has 0 fully saturated rings. The van der Waals surface area contributed by atoms with Crippen LogP contribution in [0.1, 0.15) is 0 Å². The van der Waals surface area contributed by atoms with Gasteiger partial charge in [0.25, 0.3) is 10.1 Å². The van der Waals surface area contributed by atoms with Gasteiger partial charge >= 0.3 is 0 Å². The minimum Gasteiger partial charge on any atom is -0.282 e. The van der Waals surface area contributed by atoms with Crippen molar-refractivity contribution in [2.75, 3.05) is 5.43 Å². The second kappa shape index (κ2) is 5.59. The van der Waals surface area contributed by atoms with E-state index < -0.39 is 10.1 Å². The standard InChI is InChI=1S/C13H8N4O3S/c14-7-11(8-15)17-16-10-4-5-12-9(6-10)2-1-3-13(12)21(18,19)20/h1-6,16H,(H,18,19,20). The van der Waals surface area contributed by atoms with Gasteiger partial charge in [0, 0.05) is 5.39 Å². The molecule has 0 saturated heterocycles. The minimum absolute atomic E-state index is 0.190. The summed E-state index contributed by atoms with van der Waals surface area (Å²) in [5.74, 6) is 0. The van der Waals surface area contributed by atoms with Gasteiger partial charge in [-0.3, -0.25) is 9.98 Å². The third kappa shape index (κ3) is 3.15. The highest BCUT2D eigenvalue weighted by Gasteiger charge is 2.13. The molecule has 0 aromatic heterocycles. The first-order chi connectivity index (χ1) is 9.95. The molecule has 104 valence electrons. The van der Waals surface area contributed by atoms with Crippen LogP contribution >= 0.6 is 0 Å². The number of nitrogens with zero attached hydrogens (tertiary/aromatic N) is 3. The number of hydrogen-bond acceptors (Lipinski definition) is 6. The lowest BCUT2D eigenvalue weighted by atomic mass is 10.1. The average molecular weight is 300 g/mol. The number of fused-ring (bicyclic) bond motifs is 1. The molecule has 0 aliphatic heterocycles. The molecule has 0 radical (unpaired) electrons. The van der Waals surface area contributed by atoms with Gasteiger partial charge in [-0.2, -0.15) is 24.0 Å². The molecule has 8 heteroatoms. The molecule has 0 bridgehead atoms. The maximum atomic E-state index is 11.3. The summed E-state index contributed by atoms with van der Waals surface area (Å²) >= 11 is 0. The number of nitriles is 2. The van der Waals surface area contributed by atoms with E-state index >= 15 is 0 Å². The minimum atomic E-state index is -4.31. The second-order valence-electron chi connectivity index (χ2n) is 3.96. The Morgan fingerprint density at radius 3 is 2.52 bits per heavy atom. The quantitative estimate of drug-likeness (QED) is 0.506. The number of nitrogens with one attached hydrogen (secondary N) is 1. The fourth-order valence-corrected chi connectivity index (χ4v) is 2.46. The van der Waals surface area contributed by atoms with Gasteiger partial charge in [-0.1, -0.05) is 18.2 Å². The number of rotatable bonds is 3. The monoisotopic (exact) mass is 300 g/mol. The van der Waals surface area contributed by atoms with Gasteiger partial charge in [0.1, 0.15) is 17.0 Å². The molecule has 0 amide bonds. The van der Waals surface area contributed by atoms with Crippen LogP contribution in [0.2, 0.25) is 0 Å². The van der Waals surface area contributed by atoms with Crippen molar-refractivity contribution in [3.8, 4) is 12.1 Å². The van der Waals surface area contributed by atoms with Gasteiger partial charge in [0.2, 0.25) is 5.71 Å². The summed E-state index contributed by atoms with van der Waals surface area (Å²) in [5.41, 5.74) is 2.67. The Hall–Kier alpha value is -2.94. The molecule has 0 saturated carbocycles. The molecular formula is C13H8N4O3S. The van der Waals surface area contributed by atoms with Crippen molar-refractivity contribution >= 4 is 32.3 Å². The molecule has 0 atom stereocenters. The molecular weight excluding hydrogens is 292 g/mol. The Labute approximate surface area is 120 Å². The Bertz CT molecular complexity index is 905. The van der Waals surface area contributed by atoms with E-state index in [2.05, 4.69) is 10.5 Å². The molecule has 2 aromatic carbocycles. The highest BCUT2D eigenvalue weighted by Crippen LogP contribution is 2.25. The topological polar surface area (TPSA) is 126 Å². The van der Waals surface area contributed by atoms with Crippen LogP contribution in [-0.4, -0.2) is 18.7 Å². The Morgan fingerprint density at radius 1 is 1.19 bits per heavy atom. The highest BCUT2D eigenvalue weighted by atomic mass is 32.2. The van der Waals surface area contributed by atoms with Crippen molar-refractivity contribution in [1.29, 1.82) is 10.5 Å². The van der Waals surface area contributed by atoms with Crippen molar-refractivity contribution in [1.82, 2.24) is 0 Å². The molecule has 0 unspecified atom stereocenters. The van der Waals surface area contributed by atoms with Crippen molar-refractivity contribution < 1.29 is 13.0 Å². The van der Waals surface area contributed by atoms with Crippen LogP contribution in [0.4, 0.5) is 5.69 Å². The summed E-state index contributed by atoms with van der Waals surface area (Å²) in [6.07, 6.45) is 0. The molecule has 0 heterocycles. The molecule has 0 aliphatic rings. The predicted octanol–water partition coefficient (Wildman–Crippen LogP) is 1.90. The number of hydrazone groups is 1. The molecule has 2 rings (SSSR count). The Balaban J connectivity index is 2.48. The van der Waals surface area contributed by atoms with Crippen LogP contribution in [-0.2, 0) is 10.1 Å². The van der Waals surface area contributed by atoms with E-state index in [1.165, 1.54) is 24.3 Å². The Kier molecular flexibility index (Phi) is 3.85. The van der Waals surface area contributed by atoms with E-state index in [-0.39, 0.29) is 10.6 Å². The van der Waals surface area contributed by atoms with E-state index in [0.29, 0.717) is 16.5 Å². The van der Waals surface area contributed by atoms with Gasteiger partial charge < -0.3 is 0 Å². The zero-order valence-electron chi connectivity index (χ0n) is 10.5. The van der Waals surface area contributed by atoms with Gasteiger partial charge in [-0.05, 0) is 23.6 Å². The van der Waals surface area contributed by atoms with E-state index in [0.717, 1.165) is 0 Å². The molecule has 21 heavy (non-hydrogen) atoms. The van der Waals surface area contributed by atoms with Crippen LogP contribution in [0, 0.1) is 22.7 Å². The predicted molar refractivity (Wildman–Crippen MR) is 76.0 cm³/mol. The lowest BCUT2D eigenvalue weighted by Crippen LogP contribution is -1.99. The van der Waals surface area contributed by atoms with Gasteiger partial charge in [-0.25, -0.2) is 0 Å². The molecule has 0 aliphatic carbocycles. The van der Waals surface area contributed by atoms with Gasteiger partial charge in [0.05, 0.1) is 5.69 Å². The molecule has 0 spiro atoms. The smallest absolute Gasteiger partial charge is 0.282 e. The second-order valence-corrected chi connectivity index (χ2v) is 5.35. The van der Waals surface area contributed by atoms with Crippen molar-refractivity contribution in [3.63, 3.8) is 0 Å². The molecule has 2 N–H and O–H groups in total. The van der Waals surface area contributed by atoms with Gasteiger partial charge in [-0.15, -0.1) is 0 Å². The summed E-state index contributed by atoms with van der Waals surface area (Å²) in [6.45, 7) is 0. The van der Waals surface area contributed by atoms with E-state index in [9.17, 15) is 8.42 Å². The average Bonchev–Trinajstić information content (AvgIpc) is 2.46. The maximum Gasteiger partial charge on any atom is 0.295 e. The van der Waals surface area contributed by atoms with Gasteiger partial charge in [0.15, 0.2) is 0 Å². The van der Waals surface area contributed by atoms with E-state index in [1.807, 2.05) is 0 Å². The Morgan fingerprint density at radius 2 is 1.90 bits per heavy atom. The van der Waals surface area contributed by atoms with Crippen molar-refractivity contribution in [3.05, 3.63) is 36.4 Å². The van der Waals surface area contributed by atoms with Crippen molar-refractivity contribution in [2.24, 2.45) is 5.10 Å². The first-order valence-corrected chi connectivity index (χ1v) is 7.04. The highest BCUT2D eigenvalue weighted by molar-refractivity contribution is 7.86. The van der Waals surface area contributed by atoms with Crippen LogP contribution in [0.3, 0.4) is 0 Å². The first kappa shape index (κ1) is 14.5. The van der Waals surface area contributed by atoms with E-state index in [4.69, 9.17) is 15.1 Å². The van der Waals surface area contributed by atoms with Crippen LogP contribution < -0.4 is 5.43 Å². The lowest BCUT2D eigenvalue weighted by molar-refractivity contribution is 0.484. The largest absolute Gasteiger partial charge is 0.295 e. The lowest BCUT2D eigenvalue weighted by Gasteiger charge is -2.06. The summed E-state index contributed by atoms with van der Waals surface area (Å²) in [4.78, 5) is -0.190. The SMILES string of the molecule is N#CC(C#N)=NNc1ccc2c(S(=O)(=O)O)cccc2c1. The maximum absolute atomic E-state index is 11.3. The normalized spacial score (nSPS) is 10.4. The van der Waals surface area contributed by atoms with Crippen LogP contribution in [0.25, 0.3) is 10.8 Å². The molecule has 2 aromatic rings. The third-order valence-electron chi connectivity index (χ3n) is 2.63. The fourth-order valence-electron chi connectivity index (χ4n) is 1.74. The summed E-state index contributed by atoms with van der Waals surface area (Å²) < 4.78 is 31.7. The van der Waals surface area contributed by atoms with Crippen LogP contribution in [0.5, 0.6) is 0 Å². The summed E-state index contributed by atoms with van der Waals surface area (Å²) in [5, 5.41) is 21.6. The van der Waals surface area contributed by atoms with Crippen molar-refractivity contribution in [2.45, 2.75) is 4.90 Å². The third-order valence-corrected chi connectivity index (χ3v) is 3.54. The number of benzene rings is 2. The zero-order chi connectivity index (χ0) is 15.5. The zero-order valence-corrected chi connectivity index (χ0v) is 11.3. The first-order valence-electron chi connectivity index (χ1n) is 5.60. The number of hydrogen-bond donors (Lipinski definition) is 2. The number of anilines is 1. The van der Waals surface area contributed by atoms with Crippen LogP contribution in [0.15, 0.2) is 46.4 Å².